The number of carbonyl (C=O) groups excluding carboxylic acids is 2. The minimum atomic E-state index is -0.354. The van der Waals surface area contributed by atoms with Crippen LogP contribution in [0.15, 0.2) is 16.8 Å². The van der Waals surface area contributed by atoms with Crippen molar-refractivity contribution in [3.05, 3.63) is 22.4 Å². The van der Waals surface area contributed by atoms with Crippen molar-refractivity contribution in [1.29, 1.82) is 0 Å². The molecule has 1 atom stereocenters. The summed E-state index contributed by atoms with van der Waals surface area (Å²) in [6.45, 7) is 0.266. The maximum absolute atomic E-state index is 11.7. The van der Waals surface area contributed by atoms with Crippen LogP contribution >= 0.6 is 22.9 Å². The first kappa shape index (κ1) is 11.4. The van der Waals surface area contributed by atoms with E-state index in [1.165, 1.54) is 0 Å². The lowest BCUT2D eigenvalue weighted by molar-refractivity contribution is -0.130. The number of rotatable bonds is 3. The standard InChI is InChI=1S/C10H11ClN2O2S/c11-2-3-13-9(14)5-8(12-10(13)15)7-1-4-16-6-7/h1,4,6,8H,2-3,5H2,(H,12,15). The number of nitrogens with zero attached hydrogens (tertiary/aromatic N) is 1. The van der Waals surface area contributed by atoms with Gasteiger partial charge in [-0.15, -0.1) is 11.6 Å². The van der Waals surface area contributed by atoms with Crippen LogP contribution in [0.2, 0.25) is 0 Å². The smallest absolute Gasteiger partial charge is 0.324 e. The average molecular weight is 259 g/mol. The fourth-order valence-electron chi connectivity index (χ4n) is 1.66. The van der Waals surface area contributed by atoms with Gasteiger partial charge in [-0.3, -0.25) is 9.69 Å². The number of amides is 3. The summed E-state index contributed by atoms with van der Waals surface area (Å²) in [6, 6.07) is 1.37. The Hall–Kier alpha value is -1.07. The van der Waals surface area contributed by atoms with Crippen molar-refractivity contribution < 1.29 is 9.59 Å². The Bertz CT molecular complexity index is 376. The molecule has 1 saturated heterocycles. The molecule has 0 aromatic carbocycles. The lowest BCUT2D eigenvalue weighted by Gasteiger charge is -2.30. The van der Waals surface area contributed by atoms with Crippen molar-refractivity contribution in [2.75, 3.05) is 12.4 Å². The van der Waals surface area contributed by atoms with Crippen molar-refractivity contribution in [2.24, 2.45) is 0 Å². The maximum Gasteiger partial charge on any atom is 0.324 e. The third kappa shape index (κ3) is 2.20. The predicted molar refractivity (Wildman–Crippen MR) is 62.6 cm³/mol. The quantitative estimate of drug-likeness (QED) is 0.843. The molecule has 6 heteroatoms. The number of hydrogen-bond acceptors (Lipinski definition) is 3. The highest BCUT2D eigenvalue weighted by molar-refractivity contribution is 7.08. The van der Waals surface area contributed by atoms with Crippen LogP contribution in [0, 0.1) is 0 Å². The molecule has 2 heterocycles. The van der Waals surface area contributed by atoms with Gasteiger partial charge in [-0.1, -0.05) is 0 Å². The topological polar surface area (TPSA) is 49.4 Å². The number of thiophene rings is 1. The molecule has 86 valence electrons. The Morgan fingerprint density at radius 2 is 2.38 bits per heavy atom. The van der Waals surface area contributed by atoms with Gasteiger partial charge in [-0.25, -0.2) is 4.79 Å². The molecule has 1 N–H and O–H groups in total. The van der Waals surface area contributed by atoms with Crippen molar-refractivity contribution in [3.8, 4) is 0 Å². The molecule has 0 aliphatic carbocycles. The highest BCUT2D eigenvalue weighted by Crippen LogP contribution is 2.23. The lowest BCUT2D eigenvalue weighted by Crippen LogP contribution is -2.51. The Kier molecular flexibility index (Phi) is 3.46. The monoisotopic (exact) mass is 258 g/mol. The van der Waals surface area contributed by atoms with Crippen molar-refractivity contribution in [3.63, 3.8) is 0 Å². The zero-order valence-corrected chi connectivity index (χ0v) is 10.1. The van der Waals surface area contributed by atoms with Crippen LogP contribution in [0.25, 0.3) is 0 Å². The van der Waals surface area contributed by atoms with Gasteiger partial charge in [0, 0.05) is 12.4 Å². The molecule has 1 aliphatic rings. The fourth-order valence-corrected chi connectivity index (χ4v) is 2.54. The second-order valence-electron chi connectivity index (χ2n) is 3.50. The molecule has 1 unspecified atom stereocenters. The van der Waals surface area contributed by atoms with Gasteiger partial charge < -0.3 is 5.32 Å². The van der Waals surface area contributed by atoms with Crippen LogP contribution in [0.5, 0.6) is 0 Å². The van der Waals surface area contributed by atoms with Gasteiger partial charge in [-0.2, -0.15) is 11.3 Å². The van der Waals surface area contributed by atoms with Crippen molar-refractivity contribution >= 4 is 34.9 Å². The molecule has 1 aliphatic heterocycles. The summed E-state index contributed by atoms with van der Waals surface area (Å²) < 4.78 is 0. The number of nitrogens with one attached hydrogen (secondary N) is 1. The summed E-state index contributed by atoms with van der Waals surface area (Å²) in [7, 11) is 0. The summed E-state index contributed by atoms with van der Waals surface area (Å²) in [5.74, 6) is 0.100. The summed E-state index contributed by atoms with van der Waals surface area (Å²) in [5.41, 5.74) is 0.984. The largest absolute Gasteiger partial charge is 0.330 e. The molecule has 3 amide bonds. The Balaban J connectivity index is 2.09. The predicted octanol–water partition coefficient (Wildman–Crippen LogP) is 1.97. The number of imide groups is 1. The van der Waals surface area contributed by atoms with E-state index < -0.39 is 0 Å². The van der Waals surface area contributed by atoms with Crippen LogP contribution in [0.1, 0.15) is 18.0 Å². The molecule has 1 aromatic heterocycles. The zero-order valence-electron chi connectivity index (χ0n) is 8.48. The van der Waals surface area contributed by atoms with Gasteiger partial charge in [0.1, 0.15) is 0 Å². The van der Waals surface area contributed by atoms with E-state index in [1.807, 2.05) is 16.8 Å². The maximum atomic E-state index is 11.7. The van der Waals surface area contributed by atoms with E-state index in [-0.39, 0.29) is 30.4 Å². The van der Waals surface area contributed by atoms with Gasteiger partial charge in [-0.05, 0) is 22.4 Å². The molecule has 0 bridgehead atoms. The minimum absolute atomic E-state index is 0.166. The SMILES string of the molecule is O=C1CC(c2ccsc2)NC(=O)N1CCCl. The lowest BCUT2D eigenvalue weighted by atomic mass is 10.0. The van der Waals surface area contributed by atoms with Crippen LogP contribution < -0.4 is 5.32 Å². The normalized spacial score (nSPS) is 21.1. The Labute approximate surface area is 102 Å². The molecule has 2 rings (SSSR count). The van der Waals surface area contributed by atoms with Gasteiger partial charge in [0.05, 0.1) is 12.5 Å². The molecule has 0 spiro atoms. The number of alkyl halides is 1. The summed E-state index contributed by atoms with van der Waals surface area (Å²) in [5, 5.41) is 6.67. The highest BCUT2D eigenvalue weighted by Gasteiger charge is 2.32. The number of urea groups is 1. The molecule has 16 heavy (non-hydrogen) atoms. The first-order chi connectivity index (χ1) is 7.72. The summed E-state index contributed by atoms with van der Waals surface area (Å²) in [6.07, 6.45) is 0.305. The molecular weight excluding hydrogens is 248 g/mol. The van der Waals surface area contributed by atoms with E-state index in [9.17, 15) is 9.59 Å². The first-order valence-corrected chi connectivity index (χ1v) is 6.39. The van der Waals surface area contributed by atoms with Crippen LogP contribution in [-0.4, -0.2) is 29.3 Å². The fraction of sp³-hybridized carbons (Fsp3) is 0.400. The first-order valence-electron chi connectivity index (χ1n) is 4.91. The summed E-state index contributed by atoms with van der Waals surface area (Å²) >= 11 is 7.08. The van der Waals surface area contributed by atoms with Crippen LogP contribution in [0.4, 0.5) is 4.79 Å². The van der Waals surface area contributed by atoms with Crippen molar-refractivity contribution in [1.82, 2.24) is 10.2 Å². The van der Waals surface area contributed by atoms with Crippen LogP contribution in [0.3, 0.4) is 0 Å². The average Bonchev–Trinajstić information content (AvgIpc) is 2.76. The van der Waals surface area contributed by atoms with Gasteiger partial charge >= 0.3 is 6.03 Å². The van der Waals surface area contributed by atoms with E-state index in [1.54, 1.807) is 11.3 Å². The van der Waals surface area contributed by atoms with E-state index in [2.05, 4.69) is 5.32 Å². The van der Waals surface area contributed by atoms with Gasteiger partial charge in [0.15, 0.2) is 0 Å². The van der Waals surface area contributed by atoms with E-state index in [0.29, 0.717) is 6.42 Å². The van der Waals surface area contributed by atoms with Gasteiger partial charge in [0.25, 0.3) is 0 Å². The number of carbonyl (C=O) groups is 2. The minimum Gasteiger partial charge on any atom is -0.330 e. The molecule has 4 nitrogen and oxygen atoms in total. The summed E-state index contributed by atoms with van der Waals surface area (Å²) in [4.78, 5) is 24.5. The van der Waals surface area contributed by atoms with E-state index in [4.69, 9.17) is 11.6 Å². The van der Waals surface area contributed by atoms with Crippen LogP contribution in [-0.2, 0) is 4.79 Å². The third-order valence-electron chi connectivity index (χ3n) is 2.48. The van der Waals surface area contributed by atoms with E-state index in [0.717, 1.165) is 10.5 Å². The highest BCUT2D eigenvalue weighted by atomic mass is 35.5. The molecule has 1 aromatic rings. The number of halogens is 1. The number of hydrogen-bond donors (Lipinski definition) is 1. The zero-order chi connectivity index (χ0) is 11.5. The molecular formula is C10H11ClN2O2S. The second-order valence-corrected chi connectivity index (χ2v) is 4.66. The Morgan fingerprint density at radius 3 is 2.94 bits per heavy atom. The Morgan fingerprint density at radius 1 is 1.56 bits per heavy atom. The second kappa shape index (κ2) is 4.84. The molecule has 0 saturated carbocycles. The molecule has 1 fully saturated rings. The molecule has 0 radical (unpaired) electrons. The van der Waals surface area contributed by atoms with Crippen molar-refractivity contribution in [2.45, 2.75) is 12.5 Å². The van der Waals surface area contributed by atoms with Gasteiger partial charge in [0.2, 0.25) is 5.91 Å². The van der Waals surface area contributed by atoms with E-state index >= 15 is 0 Å². The third-order valence-corrected chi connectivity index (χ3v) is 3.35.